The average molecular weight is 277 g/mol. The van der Waals surface area contributed by atoms with Crippen LogP contribution in [0, 0.1) is 0 Å². The summed E-state index contributed by atoms with van der Waals surface area (Å²) in [6.07, 6.45) is 0.644. The SMILES string of the molecule is COCCNCc1nc(Cc2ccc(OC)cc2)no1. The maximum absolute atomic E-state index is 5.17. The molecule has 2 rings (SSSR count). The molecule has 0 aliphatic heterocycles. The van der Waals surface area contributed by atoms with Gasteiger partial charge in [0.15, 0.2) is 5.82 Å². The van der Waals surface area contributed by atoms with Gasteiger partial charge in [0.25, 0.3) is 0 Å². The molecule has 0 amide bonds. The lowest BCUT2D eigenvalue weighted by Gasteiger charge is -2.00. The summed E-state index contributed by atoms with van der Waals surface area (Å²) >= 11 is 0. The summed E-state index contributed by atoms with van der Waals surface area (Å²) in [6, 6.07) is 7.82. The van der Waals surface area contributed by atoms with Gasteiger partial charge in [0.05, 0.1) is 20.3 Å². The fourth-order valence-corrected chi connectivity index (χ4v) is 1.73. The Bertz CT molecular complexity index is 511. The summed E-state index contributed by atoms with van der Waals surface area (Å²) in [6.45, 7) is 1.97. The van der Waals surface area contributed by atoms with Crippen molar-refractivity contribution in [1.29, 1.82) is 0 Å². The van der Waals surface area contributed by atoms with Crippen molar-refractivity contribution in [3.8, 4) is 5.75 Å². The smallest absolute Gasteiger partial charge is 0.240 e. The predicted molar refractivity (Wildman–Crippen MR) is 73.7 cm³/mol. The Kier molecular flexibility index (Phi) is 5.52. The van der Waals surface area contributed by atoms with Crippen LogP contribution in [0.1, 0.15) is 17.3 Å². The number of hydrogen-bond acceptors (Lipinski definition) is 6. The average Bonchev–Trinajstić information content (AvgIpc) is 2.92. The number of nitrogens with zero attached hydrogens (tertiary/aromatic N) is 2. The third-order valence-electron chi connectivity index (χ3n) is 2.79. The van der Waals surface area contributed by atoms with Crippen LogP contribution in [0.4, 0.5) is 0 Å². The fraction of sp³-hybridized carbons (Fsp3) is 0.429. The van der Waals surface area contributed by atoms with E-state index in [0.29, 0.717) is 31.3 Å². The van der Waals surface area contributed by atoms with Crippen LogP contribution >= 0.6 is 0 Å². The molecule has 1 heterocycles. The summed E-state index contributed by atoms with van der Waals surface area (Å²) in [4.78, 5) is 4.33. The number of aromatic nitrogens is 2. The minimum atomic E-state index is 0.555. The highest BCUT2D eigenvalue weighted by Gasteiger charge is 2.06. The van der Waals surface area contributed by atoms with Gasteiger partial charge in [0.2, 0.25) is 5.89 Å². The highest BCUT2D eigenvalue weighted by Crippen LogP contribution is 2.13. The van der Waals surface area contributed by atoms with Crippen LogP contribution in [0.25, 0.3) is 0 Å². The lowest BCUT2D eigenvalue weighted by atomic mass is 10.1. The first-order valence-corrected chi connectivity index (χ1v) is 6.46. The summed E-state index contributed by atoms with van der Waals surface area (Å²) in [5.41, 5.74) is 1.12. The molecule has 0 bridgehead atoms. The van der Waals surface area contributed by atoms with E-state index in [9.17, 15) is 0 Å². The van der Waals surface area contributed by atoms with E-state index in [1.165, 1.54) is 0 Å². The van der Waals surface area contributed by atoms with Crippen LogP contribution in [0.5, 0.6) is 5.75 Å². The molecule has 0 atom stereocenters. The molecule has 0 aliphatic rings. The molecule has 20 heavy (non-hydrogen) atoms. The molecule has 0 fully saturated rings. The van der Waals surface area contributed by atoms with E-state index in [2.05, 4.69) is 15.5 Å². The Morgan fingerprint density at radius 2 is 2.00 bits per heavy atom. The first-order valence-electron chi connectivity index (χ1n) is 6.46. The van der Waals surface area contributed by atoms with Crippen LogP contribution in [-0.2, 0) is 17.7 Å². The molecule has 6 heteroatoms. The topological polar surface area (TPSA) is 69.4 Å². The second-order valence-electron chi connectivity index (χ2n) is 4.30. The van der Waals surface area contributed by atoms with E-state index in [-0.39, 0.29) is 0 Å². The van der Waals surface area contributed by atoms with Gasteiger partial charge in [-0.2, -0.15) is 4.98 Å². The second-order valence-corrected chi connectivity index (χ2v) is 4.30. The molecule has 1 aromatic carbocycles. The molecule has 0 aliphatic carbocycles. The van der Waals surface area contributed by atoms with Crippen molar-refractivity contribution in [2.75, 3.05) is 27.4 Å². The molecule has 6 nitrogen and oxygen atoms in total. The molecule has 108 valence electrons. The molecule has 1 aromatic heterocycles. The molecule has 0 saturated carbocycles. The van der Waals surface area contributed by atoms with Crippen LogP contribution in [0.15, 0.2) is 28.8 Å². The van der Waals surface area contributed by atoms with E-state index in [1.807, 2.05) is 24.3 Å². The number of methoxy groups -OCH3 is 2. The zero-order chi connectivity index (χ0) is 14.2. The largest absolute Gasteiger partial charge is 0.497 e. The van der Waals surface area contributed by atoms with E-state index < -0.39 is 0 Å². The van der Waals surface area contributed by atoms with Crippen molar-refractivity contribution in [2.24, 2.45) is 0 Å². The zero-order valence-electron chi connectivity index (χ0n) is 11.8. The van der Waals surface area contributed by atoms with Gasteiger partial charge in [-0.25, -0.2) is 0 Å². The highest BCUT2D eigenvalue weighted by atomic mass is 16.5. The molecular weight excluding hydrogens is 258 g/mol. The first-order chi connectivity index (χ1) is 9.81. The molecule has 2 aromatic rings. The Balaban J connectivity index is 1.85. The van der Waals surface area contributed by atoms with Crippen molar-refractivity contribution in [2.45, 2.75) is 13.0 Å². The second kappa shape index (κ2) is 7.62. The van der Waals surface area contributed by atoms with Crippen LogP contribution in [-0.4, -0.2) is 37.5 Å². The van der Waals surface area contributed by atoms with Gasteiger partial charge < -0.3 is 19.3 Å². The number of hydrogen-bond donors (Lipinski definition) is 1. The van der Waals surface area contributed by atoms with Gasteiger partial charge in [0.1, 0.15) is 5.75 Å². The molecule has 1 N–H and O–H groups in total. The van der Waals surface area contributed by atoms with Crippen molar-refractivity contribution in [3.05, 3.63) is 41.5 Å². The van der Waals surface area contributed by atoms with Gasteiger partial charge >= 0.3 is 0 Å². The van der Waals surface area contributed by atoms with Gasteiger partial charge in [0, 0.05) is 20.1 Å². The molecule has 0 unspecified atom stereocenters. The van der Waals surface area contributed by atoms with Gasteiger partial charge in [-0.1, -0.05) is 17.3 Å². The Morgan fingerprint density at radius 3 is 2.70 bits per heavy atom. The van der Waals surface area contributed by atoms with Crippen LogP contribution in [0.3, 0.4) is 0 Å². The molecular formula is C14H19N3O3. The fourth-order valence-electron chi connectivity index (χ4n) is 1.73. The maximum Gasteiger partial charge on any atom is 0.240 e. The predicted octanol–water partition coefficient (Wildman–Crippen LogP) is 1.40. The number of rotatable bonds is 8. The van der Waals surface area contributed by atoms with E-state index in [1.54, 1.807) is 14.2 Å². The molecule has 0 radical (unpaired) electrons. The van der Waals surface area contributed by atoms with Crippen molar-refractivity contribution >= 4 is 0 Å². The summed E-state index contributed by atoms with van der Waals surface area (Å²) < 4.78 is 15.2. The monoisotopic (exact) mass is 277 g/mol. The number of benzene rings is 1. The normalized spacial score (nSPS) is 10.7. The Morgan fingerprint density at radius 1 is 1.20 bits per heavy atom. The van der Waals surface area contributed by atoms with Crippen molar-refractivity contribution in [1.82, 2.24) is 15.5 Å². The van der Waals surface area contributed by atoms with Crippen LogP contribution < -0.4 is 10.1 Å². The minimum absolute atomic E-state index is 0.555. The van der Waals surface area contributed by atoms with Crippen molar-refractivity contribution < 1.29 is 14.0 Å². The lowest BCUT2D eigenvalue weighted by molar-refractivity contribution is 0.197. The minimum Gasteiger partial charge on any atom is -0.497 e. The Labute approximate surface area is 118 Å². The van der Waals surface area contributed by atoms with Gasteiger partial charge in [-0.15, -0.1) is 0 Å². The molecule has 0 saturated heterocycles. The summed E-state index contributed by atoms with van der Waals surface area (Å²) in [5.74, 6) is 2.10. The van der Waals surface area contributed by atoms with Crippen molar-refractivity contribution in [3.63, 3.8) is 0 Å². The maximum atomic E-state index is 5.17. The van der Waals surface area contributed by atoms with E-state index >= 15 is 0 Å². The van der Waals surface area contributed by atoms with E-state index in [0.717, 1.165) is 17.9 Å². The number of nitrogens with one attached hydrogen (secondary N) is 1. The quantitative estimate of drug-likeness (QED) is 0.736. The zero-order valence-corrected chi connectivity index (χ0v) is 11.8. The molecule has 0 spiro atoms. The highest BCUT2D eigenvalue weighted by molar-refractivity contribution is 5.28. The lowest BCUT2D eigenvalue weighted by Crippen LogP contribution is -2.18. The van der Waals surface area contributed by atoms with Gasteiger partial charge in [-0.3, -0.25) is 0 Å². The van der Waals surface area contributed by atoms with Crippen LogP contribution in [0.2, 0.25) is 0 Å². The van der Waals surface area contributed by atoms with Gasteiger partial charge in [-0.05, 0) is 17.7 Å². The third kappa shape index (κ3) is 4.32. The summed E-state index contributed by atoms with van der Waals surface area (Å²) in [7, 11) is 3.32. The third-order valence-corrected chi connectivity index (χ3v) is 2.79. The summed E-state index contributed by atoms with van der Waals surface area (Å²) in [5, 5.41) is 7.12. The Hall–Kier alpha value is -1.92. The first kappa shape index (κ1) is 14.5. The standard InChI is InChI=1S/C14H19N3O3/c1-18-8-7-15-10-14-16-13(17-20-14)9-11-3-5-12(19-2)6-4-11/h3-6,15H,7-10H2,1-2H3. The number of ether oxygens (including phenoxy) is 2. The van der Waals surface area contributed by atoms with E-state index in [4.69, 9.17) is 14.0 Å².